The molecule has 108 valence electrons. The molecule has 1 aromatic carbocycles. The maximum Gasteiger partial charge on any atom is 0.238 e. The number of methoxy groups -OCH3 is 1. The fourth-order valence-corrected chi connectivity index (χ4v) is 4.33. The van der Waals surface area contributed by atoms with Crippen molar-refractivity contribution in [3.8, 4) is 5.75 Å². The van der Waals surface area contributed by atoms with E-state index in [0.29, 0.717) is 11.4 Å². The lowest BCUT2D eigenvalue weighted by Gasteiger charge is -2.20. The Bertz CT molecular complexity index is 654. The third-order valence-corrected chi connectivity index (χ3v) is 5.35. The van der Waals surface area contributed by atoms with Crippen LogP contribution in [0, 0.1) is 23.7 Å². The summed E-state index contributed by atoms with van der Waals surface area (Å²) in [5.41, 5.74) is 0.538. The molecule has 21 heavy (non-hydrogen) atoms. The minimum atomic E-state index is -0.184. The molecule has 1 saturated carbocycles. The van der Waals surface area contributed by atoms with Crippen LogP contribution in [-0.4, -0.2) is 18.9 Å². The van der Waals surface area contributed by atoms with Gasteiger partial charge in [-0.15, -0.1) is 0 Å². The van der Waals surface area contributed by atoms with E-state index in [1.807, 2.05) is 6.07 Å². The molecule has 2 aliphatic carbocycles. The van der Waals surface area contributed by atoms with Crippen molar-refractivity contribution in [3.05, 3.63) is 34.8 Å². The summed E-state index contributed by atoms with van der Waals surface area (Å²) in [4.78, 5) is 26.9. The van der Waals surface area contributed by atoms with E-state index < -0.39 is 0 Å². The second-order valence-electron chi connectivity index (χ2n) is 5.83. The number of fused-ring (bicyclic) bond motifs is 5. The number of imide groups is 1. The predicted octanol–water partition coefficient (Wildman–Crippen LogP) is 2.77. The number of nitrogens with zero attached hydrogens (tertiary/aromatic N) is 1. The molecule has 1 aliphatic heterocycles. The molecule has 1 heterocycles. The maximum atomic E-state index is 12.8. The second-order valence-corrected chi connectivity index (χ2v) is 6.74. The lowest BCUT2D eigenvalue weighted by atomic mass is 9.85. The van der Waals surface area contributed by atoms with Crippen LogP contribution in [-0.2, 0) is 9.59 Å². The third-order valence-electron chi connectivity index (χ3n) is 4.85. The summed E-state index contributed by atoms with van der Waals surface area (Å²) < 4.78 is 6.13. The van der Waals surface area contributed by atoms with Crippen LogP contribution in [0.2, 0.25) is 0 Å². The smallest absolute Gasteiger partial charge is 0.238 e. The van der Waals surface area contributed by atoms with Crippen LogP contribution in [0.15, 0.2) is 34.8 Å². The highest BCUT2D eigenvalue weighted by atomic mass is 79.9. The van der Waals surface area contributed by atoms with Gasteiger partial charge in [0.2, 0.25) is 11.8 Å². The van der Waals surface area contributed by atoms with E-state index in [-0.39, 0.29) is 35.5 Å². The van der Waals surface area contributed by atoms with Crippen LogP contribution in [0.3, 0.4) is 0 Å². The SMILES string of the molecule is COc1ccc(Br)cc1N1C(=O)[C@@H]2[C@H](C1=O)[C@H]1C=C[C@H]2C1. The number of halogens is 1. The Morgan fingerprint density at radius 1 is 1.14 bits per heavy atom. The molecule has 2 bridgehead atoms. The van der Waals surface area contributed by atoms with E-state index in [0.717, 1.165) is 10.9 Å². The Hall–Kier alpha value is -1.62. The monoisotopic (exact) mass is 347 g/mol. The number of ether oxygens (including phenoxy) is 1. The van der Waals surface area contributed by atoms with Gasteiger partial charge in [-0.3, -0.25) is 9.59 Å². The molecule has 3 aliphatic rings. The van der Waals surface area contributed by atoms with E-state index in [2.05, 4.69) is 28.1 Å². The topological polar surface area (TPSA) is 46.6 Å². The molecule has 1 saturated heterocycles. The molecular formula is C16H14BrNO3. The second kappa shape index (κ2) is 4.44. The highest BCUT2D eigenvalue weighted by Gasteiger charge is 2.59. The number of carbonyl (C=O) groups excluding carboxylic acids is 2. The van der Waals surface area contributed by atoms with Gasteiger partial charge in [0.1, 0.15) is 5.75 Å². The van der Waals surface area contributed by atoms with E-state index in [1.54, 1.807) is 19.2 Å². The first-order valence-electron chi connectivity index (χ1n) is 7.01. The van der Waals surface area contributed by atoms with E-state index in [4.69, 9.17) is 4.74 Å². The van der Waals surface area contributed by atoms with Crippen molar-refractivity contribution in [1.82, 2.24) is 0 Å². The van der Waals surface area contributed by atoms with Crippen LogP contribution in [0.1, 0.15) is 6.42 Å². The van der Waals surface area contributed by atoms with Crippen molar-refractivity contribution < 1.29 is 14.3 Å². The lowest BCUT2D eigenvalue weighted by Crippen LogP contribution is -2.33. The molecule has 4 nitrogen and oxygen atoms in total. The summed E-state index contributed by atoms with van der Waals surface area (Å²) in [6.45, 7) is 0. The number of anilines is 1. The molecular weight excluding hydrogens is 334 g/mol. The van der Waals surface area contributed by atoms with Crippen molar-refractivity contribution in [3.63, 3.8) is 0 Å². The molecule has 0 aromatic heterocycles. The molecule has 0 spiro atoms. The first-order valence-corrected chi connectivity index (χ1v) is 7.81. The number of hydrogen-bond donors (Lipinski definition) is 0. The van der Waals surface area contributed by atoms with Crippen molar-refractivity contribution in [1.29, 1.82) is 0 Å². The summed E-state index contributed by atoms with van der Waals surface area (Å²) in [6.07, 6.45) is 5.13. The van der Waals surface area contributed by atoms with Gasteiger partial charge in [0, 0.05) is 4.47 Å². The quantitative estimate of drug-likeness (QED) is 0.610. The predicted molar refractivity (Wildman–Crippen MR) is 80.9 cm³/mol. The minimum absolute atomic E-state index is 0.0850. The van der Waals surface area contributed by atoms with Crippen LogP contribution in [0.4, 0.5) is 5.69 Å². The molecule has 5 heteroatoms. The van der Waals surface area contributed by atoms with Crippen LogP contribution in [0.5, 0.6) is 5.75 Å². The minimum Gasteiger partial charge on any atom is -0.495 e. The van der Waals surface area contributed by atoms with Gasteiger partial charge in [-0.2, -0.15) is 0 Å². The zero-order chi connectivity index (χ0) is 14.7. The average Bonchev–Trinajstić information content (AvgIpc) is 3.13. The Morgan fingerprint density at radius 3 is 2.33 bits per heavy atom. The van der Waals surface area contributed by atoms with Crippen molar-refractivity contribution in [2.45, 2.75) is 6.42 Å². The zero-order valence-electron chi connectivity index (χ0n) is 11.5. The average molecular weight is 348 g/mol. The van der Waals surface area contributed by atoms with Crippen LogP contribution < -0.4 is 9.64 Å². The van der Waals surface area contributed by atoms with Gasteiger partial charge < -0.3 is 4.74 Å². The van der Waals surface area contributed by atoms with Crippen molar-refractivity contribution in [2.24, 2.45) is 23.7 Å². The maximum absolute atomic E-state index is 12.8. The molecule has 4 atom stereocenters. The highest BCUT2D eigenvalue weighted by Crippen LogP contribution is 2.54. The zero-order valence-corrected chi connectivity index (χ0v) is 13.0. The van der Waals surface area contributed by atoms with E-state index >= 15 is 0 Å². The summed E-state index contributed by atoms with van der Waals surface area (Å²) in [7, 11) is 1.55. The highest BCUT2D eigenvalue weighted by molar-refractivity contribution is 9.10. The van der Waals surface area contributed by atoms with Crippen LogP contribution >= 0.6 is 15.9 Å². The molecule has 4 rings (SSSR count). The summed E-state index contributed by atoms with van der Waals surface area (Å²) in [5, 5.41) is 0. The first kappa shape index (κ1) is 13.1. The van der Waals surface area contributed by atoms with Gasteiger partial charge in [-0.05, 0) is 36.5 Å². The molecule has 2 amide bonds. The number of rotatable bonds is 2. The first-order chi connectivity index (χ1) is 10.1. The van der Waals surface area contributed by atoms with Gasteiger partial charge in [0.25, 0.3) is 0 Å². The molecule has 0 unspecified atom stereocenters. The summed E-state index contributed by atoms with van der Waals surface area (Å²) >= 11 is 3.39. The number of hydrogen-bond acceptors (Lipinski definition) is 3. The van der Waals surface area contributed by atoms with E-state index in [1.165, 1.54) is 4.90 Å². The largest absolute Gasteiger partial charge is 0.495 e. The van der Waals surface area contributed by atoms with Crippen LogP contribution in [0.25, 0.3) is 0 Å². The fourth-order valence-electron chi connectivity index (χ4n) is 3.98. The standard InChI is InChI=1S/C16H14BrNO3/c1-21-12-5-4-10(17)7-11(12)18-15(19)13-8-2-3-9(6-8)14(13)16(18)20/h2-5,7-9,13-14H,6H2,1H3/t8-,9-,13-,14+/m0/s1. The number of amides is 2. The Labute approximate surface area is 130 Å². The molecule has 1 aromatic rings. The molecule has 0 N–H and O–H groups in total. The van der Waals surface area contributed by atoms with Gasteiger partial charge in [-0.25, -0.2) is 4.90 Å². The van der Waals surface area contributed by atoms with Crippen molar-refractivity contribution in [2.75, 3.05) is 12.0 Å². The van der Waals surface area contributed by atoms with Gasteiger partial charge in [-0.1, -0.05) is 28.1 Å². The van der Waals surface area contributed by atoms with Gasteiger partial charge in [0.15, 0.2) is 0 Å². The Balaban J connectivity index is 1.79. The summed E-state index contributed by atoms with van der Waals surface area (Å²) in [5.74, 6) is 0.447. The van der Waals surface area contributed by atoms with Gasteiger partial charge >= 0.3 is 0 Å². The lowest BCUT2D eigenvalue weighted by molar-refractivity contribution is -0.123. The molecule has 2 fully saturated rings. The molecule has 0 radical (unpaired) electrons. The fraction of sp³-hybridized carbons (Fsp3) is 0.375. The Morgan fingerprint density at radius 2 is 1.76 bits per heavy atom. The number of carbonyl (C=O) groups is 2. The third kappa shape index (κ3) is 1.67. The number of benzene rings is 1. The van der Waals surface area contributed by atoms with Crippen molar-refractivity contribution >= 4 is 33.4 Å². The van der Waals surface area contributed by atoms with E-state index in [9.17, 15) is 9.59 Å². The summed E-state index contributed by atoms with van der Waals surface area (Å²) in [6, 6.07) is 5.37. The van der Waals surface area contributed by atoms with Gasteiger partial charge in [0.05, 0.1) is 24.6 Å². The number of allylic oxidation sites excluding steroid dienone is 2. The normalized spacial score (nSPS) is 33.0. The Kier molecular flexibility index (Phi) is 2.76.